The van der Waals surface area contributed by atoms with Crippen molar-refractivity contribution in [3.05, 3.63) is 73.3 Å². The van der Waals surface area contributed by atoms with E-state index in [9.17, 15) is 14.7 Å². The monoisotopic (exact) mass is 565 g/mol. The number of aliphatic imine (C=N–C) groups is 1. The van der Waals surface area contributed by atoms with Crippen LogP contribution in [0, 0.1) is 0 Å². The molecule has 34 heavy (non-hydrogen) atoms. The van der Waals surface area contributed by atoms with Gasteiger partial charge in [-0.25, -0.2) is 9.79 Å². The molecular weight excluding hydrogens is 546 g/mol. The lowest BCUT2D eigenvalue weighted by molar-refractivity contribution is -0.138. The Morgan fingerprint density at radius 3 is 2.56 bits per heavy atom. The molecule has 0 unspecified atom stereocenters. The van der Waals surface area contributed by atoms with Crippen molar-refractivity contribution in [2.45, 2.75) is 13.8 Å². The molecule has 1 amide bonds. The lowest BCUT2D eigenvalue weighted by Gasteiger charge is -2.11. The smallest absolute Gasteiger partial charge is 0.344 e. The molecule has 0 aliphatic carbocycles. The number of aliphatic hydroxyl groups is 1. The molecule has 178 valence electrons. The van der Waals surface area contributed by atoms with Gasteiger partial charge in [0.25, 0.3) is 5.91 Å². The third-order valence-electron chi connectivity index (χ3n) is 4.55. The van der Waals surface area contributed by atoms with Crippen LogP contribution in [-0.2, 0) is 9.53 Å². The Hall–Kier alpha value is -2.75. The zero-order chi connectivity index (χ0) is 24.8. The van der Waals surface area contributed by atoms with E-state index in [2.05, 4.69) is 20.9 Å². The van der Waals surface area contributed by atoms with Gasteiger partial charge in [-0.2, -0.15) is 0 Å². The van der Waals surface area contributed by atoms with Crippen LogP contribution in [0.4, 0.5) is 0 Å². The fourth-order valence-electron chi connectivity index (χ4n) is 3.01. The minimum atomic E-state index is -0.787. The van der Waals surface area contributed by atoms with Gasteiger partial charge in [-0.05, 0) is 49.8 Å². The summed E-state index contributed by atoms with van der Waals surface area (Å²) in [5, 5.41) is 11.1. The molecule has 2 aromatic rings. The highest BCUT2D eigenvalue weighted by Gasteiger charge is 2.34. The third-order valence-corrected chi connectivity index (χ3v) is 6.58. The number of hydrogen-bond acceptors (Lipinski definition) is 7. The summed E-state index contributed by atoms with van der Waals surface area (Å²) >= 11 is 10.6. The maximum Gasteiger partial charge on any atom is 0.344 e. The zero-order valence-electron chi connectivity index (χ0n) is 18.6. The number of ether oxygens (including phenoxy) is 3. The average Bonchev–Trinajstić information content (AvgIpc) is 3.10. The van der Waals surface area contributed by atoms with Gasteiger partial charge in [-0.1, -0.05) is 51.4 Å². The predicted molar refractivity (Wildman–Crippen MR) is 137 cm³/mol. The Morgan fingerprint density at radius 1 is 1.18 bits per heavy atom. The molecule has 1 N–H and O–H groups in total. The first-order chi connectivity index (χ1) is 16.3. The molecule has 2 aromatic carbocycles. The summed E-state index contributed by atoms with van der Waals surface area (Å²) in [7, 11) is 1.52. The molecule has 7 nitrogen and oxygen atoms in total. The average molecular weight is 567 g/mol. The van der Waals surface area contributed by atoms with E-state index in [0.717, 1.165) is 11.8 Å². The topological polar surface area (TPSA) is 94.4 Å². The normalized spacial score (nSPS) is 15.7. The molecule has 0 saturated heterocycles. The number of halogens is 2. The van der Waals surface area contributed by atoms with Crippen LogP contribution in [0.25, 0.3) is 6.08 Å². The van der Waals surface area contributed by atoms with Crippen molar-refractivity contribution >= 4 is 62.3 Å². The number of benzene rings is 2. The van der Waals surface area contributed by atoms with E-state index in [1.165, 1.54) is 13.2 Å². The van der Waals surface area contributed by atoms with Gasteiger partial charge in [0.2, 0.25) is 0 Å². The highest BCUT2D eigenvalue weighted by molar-refractivity contribution is 9.10. The fraction of sp³-hybridized carbons (Fsp3) is 0.208. The predicted octanol–water partition coefficient (Wildman–Crippen LogP) is 6.21. The van der Waals surface area contributed by atoms with Crippen LogP contribution >= 0.6 is 39.3 Å². The molecule has 10 heteroatoms. The Morgan fingerprint density at radius 2 is 1.91 bits per heavy atom. The van der Waals surface area contributed by atoms with Crippen LogP contribution in [0.15, 0.2) is 62.1 Å². The molecule has 0 saturated carbocycles. The standard InChI is InChI=1S/C24H21BrClNO6S/c1-4-32-18-12-15(25)13(10-17(18)31-3)11-19-21(28)20(24(30)33-5-2)23(34-19)27-22(29)14-8-6-7-9-16(14)26/h6-12,28H,4-5H2,1-3H3/b19-11-,27-23?. The first-order valence-electron chi connectivity index (χ1n) is 10.2. The minimum Gasteiger partial charge on any atom is -0.506 e. The van der Waals surface area contributed by atoms with E-state index in [0.29, 0.717) is 33.0 Å². The number of aliphatic hydroxyl groups excluding tert-OH is 1. The molecule has 1 aliphatic rings. The molecule has 0 bridgehead atoms. The van der Waals surface area contributed by atoms with E-state index in [-0.39, 0.29) is 33.6 Å². The SMILES string of the molecule is CCOC(=O)C1=C(O)/C(=C/c2cc(OC)c(OCC)cc2Br)SC1=NC(=O)c1ccccc1Cl. The van der Waals surface area contributed by atoms with Gasteiger partial charge in [0.1, 0.15) is 16.4 Å². The number of amides is 1. The van der Waals surface area contributed by atoms with Crippen molar-refractivity contribution in [3.63, 3.8) is 0 Å². The van der Waals surface area contributed by atoms with Crippen molar-refractivity contribution in [1.82, 2.24) is 0 Å². The highest BCUT2D eigenvalue weighted by Crippen LogP contribution is 2.42. The van der Waals surface area contributed by atoms with Gasteiger partial charge < -0.3 is 19.3 Å². The van der Waals surface area contributed by atoms with Crippen LogP contribution in [0.3, 0.4) is 0 Å². The van der Waals surface area contributed by atoms with E-state index < -0.39 is 11.9 Å². The summed E-state index contributed by atoms with van der Waals surface area (Å²) in [5.74, 6) is -0.721. The van der Waals surface area contributed by atoms with Crippen LogP contribution in [0.2, 0.25) is 5.02 Å². The van der Waals surface area contributed by atoms with Crippen LogP contribution in [0.5, 0.6) is 11.5 Å². The summed E-state index contributed by atoms with van der Waals surface area (Å²) < 4.78 is 16.7. The second-order valence-corrected chi connectivity index (χ2v) is 9.01. The van der Waals surface area contributed by atoms with E-state index in [1.807, 2.05) is 6.92 Å². The van der Waals surface area contributed by atoms with Gasteiger partial charge in [0.05, 0.1) is 35.8 Å². The van der Waals surface area contributed by atoms with Gasteiger partial charge in [0, 0.05) is 4.47 Å². The maximum absolute atomic E-state index is 12.8. The molecule has 0 atom stereocenters. The third kappa shape index (κ3) is 5.65. The molecule has 3 rings (SSSR count). The van der Waals surface area contributed by atoms with Crippen molar-refractivity contribution in [2.75, 3.05) is 20.3 Å². The molecule has 0 spiro atoms. The number of methoxy groups -OCH3 is 1. The second kappa shape index (κ2) is 11.6. The summed E-state index contributed by atoms with van der Waals surface area (Å²) in [6.07, 6.45) is 1.64. The highest BCUT2D eigenvalue weighted by atomic mass is 79.9. The summed E-state index contributed by atoms with van der Waals surface area (Å²) in [6.45, 7) is 4.06. The number of rotatable bonds is 7. The lowest BCUT2D eigenvalue weighted by Crippen LogP contribution is -2.14. The maximum atomic E-state index is 12.8. The Bertz CT molecular complexity index is 1220. The zero-order valence-corrected chi connectivity index (χ0v) is 21.7. The Kier molecular flexibility index (Phi) is 8.82. The summed E-state index contributed by atoms with van der Waals surface area (Å²) in [4.78, 5) is 29.7. The molecule has 0 aromatic heterocycles. The fourth-order valence-corrected chi connectivity index (χ4v) is 4.67. The van der Waals surface area contributed by atoms with Crippen LogP contribution in [-0.4, -0.2) is 42.4 Å². The number of hydrogen-bond donors (Lipinski definition) is 1. The Balaban J connectivity index is 2.07. The first kappa shape index (κ1) is 25.9. The summed E-state index contributed by atoms with van der Waals surface area (Å²) in [5.41, 5.74) is 0.639. The van der Waals surface area contributed by atoms with E-state index in [1.54, 1.807) is 43.3 Å². The lowest BCUT2D eigenvalue weighted by atomic mass is 10.1. The largest absolute Gasteiger partial charge is 0.506 e. The van der Waals surface area contributed by atoms with Crippen LogP contribution in [0.1, 0.15) is 29.8 Å². The number of thioether (sulfide) groups is 1. The van der Waals surface area contributed by atoms with Gasteiger partial charge in [-0.15, -0.1) is 0 Å². The molecule has 0 radical (unpaired) electrons. The van der Waals surface area contributed by atoms with Gasteiger partial charge in [0.15, 0.2) is 11.5 Å². The Labute approximate surface area is 214 Å². The van der Waals surface area contributed by atoms with Crippen molar-refractivity contribution in [2.24, 2.45) is 4.99 Å². The molecule has 1 heterocycles. The van der Waals surface area contributed by atoms with E-state index >= 15 is 0 Å². The quantitative estimate of drug-likeness (QED) is 0.398. The first-order valence-corrected chi connectivity index (χ1v) is 12.2. The minimum absolute atomic E-state index is 0.0149. The number of esters is 1. The number of nitrogens with zero attached hydrogens (tertiary/aromatic N) is 1. The second-order valence-electron chi connectivity index (χ2n) is 6.71. The van der Waals surface area contributed by atoms with Crippen molar-refractivity contribution in [1.29, 1.82) is 0 Å². The van der Waals surface area contributed by atoms with Crippen LogP contribution < -0.4 is 9.47 Å². The van der Waals surface area contributed by atoms with E-state index in [4.69, 9.17) is 25.8 Å². The molecule has 0 fully saturated rings. The number of carbonyl (C=O) groups is 2. The molecule has 1 aliphatic heterocycles. The van der Waals surface area contributed by atoms with Gasteiger partial charge >= 0.3 is 5.97 Å². The summed E-state index contributed by atoms with van der Waals surface area (Å²) in [6, 6.07) is 9.92. The molecular formula is C24H21BrClNO6S. The van der Waals surface area contributed by atoms with Crippen molar-refractivity contribution < 1.29 is 28.9 Å². The number of carbonyl (C=O) groups excluding carboxylic acids is 2. The van der Waals surface area contributed by atoms with Crippen molar-refractivity contribution in [3.8, 4) is 11.5 Å². The van der Waals surface area contributed by atoms with Gasteiger partial charge in [-0.3, -0.25) is 4.79 Å².